The number of carbonyl (C=O) groups excluding carboxylic acids is 1. The van der Waals surface area contributed by atoms with Crippen LogP contribution < -0.4 is 19.5 Å². The molecule has 0 aromatic heterocycles. The Labute approximate surface area is 254 Å². The second-order valence-corrected chi connectivity index (χ2v) is 11.3. The van der Waals surface area contributed by atoms with Crippen LogP contribution in [0.15, 0.2) is 103 Å². The molecule has 224 valence electrons. The lowest BCUT2D eigenvalue weighted by atomic mass is 10.0. The van der Waals surface area contributed by atoms with E-state index >= 15 is 0 Å². The van der Waals surface area contributed by atoms with E-state index in [9.17, 15) is 13.6 Å². The molecule has 1 heterocycles. The summed E-state index contributed by atoms with van der Waals surface area (Å²) in [4.78, 5) is 15.5. The molecule has 4 aromatic rings. The maximum absolute atomic E-state index is 13.6. The van der Waals surface area contributed by atoms with Crippen LogP contribution >= 0.6 is 0 Å². The van der Waals surface area contributed by atoms with Gasteiger partial charge in [-0.15, -0.1) is 0 Å². The number of carbonyl (C=O) groups is 1. The minimum atomic E-state index is -1.87. The molecule has 5 rings (SSSR count). The molecule has 1 aliphatic heterocycles. The maximum Gasteiger partial charge on any atom is 0.251 e. The predicted molar refractivity (Wildman–Crippen MR) is 166 cm³/mol. The highest BCUT2D eigenvalue weighted by molar-refractivity contribution is 7.79. The fourth-order valence-electron chi connectivity index (χ4n) is 4.90. The zero-order chi connectivity index (χ0) is 29.9. The van der Waals surface area contributed by atoms with E-state index in [1.165, 1.54) is 0 Å². The fraction of sp³-hybridized carbons (Fsp3) is 0.265. The predicted octanol–water partition coefficient (Wildman–Crippen LogP) is 5.80. The van der Waals surface area contributed by atoms with Crippen molar-refractivity contribution < 1.29 is 27.8 Å². The average Bonchev–Trinajstić information content (AvgIpc) is 3.04. The van der Waals surface area contributed by atoms with Gasteiger partial charge in [-0.3, -0.25) is 9.69 Å². The van der Waals surface area contributed by atoms with Crippen LogP contribution in [0.3, 0.4) is 0 Å². The molecule has 1 saturated heterocycles. The molecular formula is C34H36N2O6S. The van der Waals surface area contributed by atoms with Crippen molar-refractivity contribution >= 4 is 17.0 Å². The van der Waals surface area contributed by atoms with Gasteiger partial charge in [0.15, 0.2) is 22.6 Å². The third kappa shape index (κ3) is 9.15. The van der Waals surface area contributed by atoms with E-state index < -0.39 is 11.1 Å². The molecule has 4 aromatic carbocycles. The molecule has 2 N–H and O–H groups in total. The number of piperidine rings is 1. The Bertz CT molecular complexity index is 1410. The van der Waals surface area contributed by atoms with Gasteiger partial charge in [0, 0.05) is 24.7 Å². The van der Waals surface area contributed by atoms with Crippen molar-refractivity contribution in [3.05, 3.63) is 125 Å². The number of hydrogen-bond donors (Lipinski definition) is 2. The first-order chi connectivity index (χ1) is 21.0. The second kappa shape index (κ2) is 15.3. The standard InChI is InChI=1S/C34H36N2O6S/c37-34(35-30-16-18-36(19-17-30)25-43(38)39)29-20-31(40-22-26-10-4-1-5-11-26)33(42-24-28-14-8-3-9-15-28)32(21-29)41-23-27-12-6-2-7-13-27/h1-15,20-21,30H,16-19,22-25H2,(H,35,37)(H,38,39). The van der Waals surface area contributed by atoms with Crippen molar-refractivity contribution in [3.63, 3.8) is 0 Å². The molecule has 0 saturated carbocycles. The molecular weight excluding hydrogens is 564 g/mol. The molecule has 8 nitrogen and oxygen atoms in total. The summed E-state index contributed by atoms with van der Waals surface area (Å²) in [7, 11) is 0. The molecule has 1 aliphatic rings. The molecule has 0 aliphatic carbocycles. The first-order valence-corrected chi connectivity index (χ1v) is 15.6. The molecule has 1 fully saturated rings. The normalized spacial score (nSPS) is 14.5. The van der Waals surface area contributed by atoms with E-state index in [1.807, 2.05) is 95.9 Å². The Morgan fingerprint density at radius 1 is 0.744 bits per heavy atom. The number of hydrogen-bond acceptors (Lipinski definition) is 6. The minimum absolute atomic E-state index is 0.0488. The van der Waals surface area contributed by atoms with Crippen LogP contribution in [0.4, 0.5) is 0 Å². The Morgan fingerprint density at radius 2 is 1.19 bits per heavy atom. The van der Waals surface area contributed by atoms with Crippen molar-refractivity contribution in [2.24, 2.45) is 0 Å². The van der Waals surface area contributed by atoms with Crippen molar-refractivity contribution in [2.75, 3.05) is 19.0 Å². The van der Waals surface area contributed by atoms with Crippen LogP contribution in [-0.4, -0.2) is 44.6 Å². The molecule has 1 unspecified atom stereocenters. The Morgan fingerprint density at radius 3 is 1.63 bits per heavy atom. The average molecular weight is 601 g/mol. The van der Waals surface area contributed by atoms with E-state index in [4.69, 9.17) is 14.2 Å². The lowest BCUT2D eigenvalue weighted by Gasteiger charge is -2.31. The van der Waals surface area contributed by atoms with Gasteiger partial charge in [0.25, 0.3) is 5.91 Å². The summed E-state index contributed by atoms with van der Waals surface area (Å²) < 4.78 is 39.3. The third-order valence-electron chi connectivity index (χ3n) is 7.20. The topological polar surface area (TPSA) is 97.3 Å². The third-order valence-corrected chi connectivity index (χ3v) is 7.79. The Kier molecular flexibility index (Phi) is 10.8. The van der Waals surface area contributed by atoms with E-state index in [0.29, 0.717) is 55.4 Å². The van der Waals surface area contributed by atoms with Crippen molar-refractivity contribution in [1.29, 1.82) is 0 Å². The molecule has 0 bridgehead atoms. The Balaban J connectivity index is 1.41. The molecule has 9 heteroatoms. The van der Waals surface area contributed by atoms with E-state index in [0.717, 1.165) is 16.7 Å². The monoisotopic (exact) mass is 600 g/mol. The molecule has 43 heavy (non-hydrogen) atoms. The first kappa shape index (κ1) is 30.3. The lowest BCUT2D eigenvalue weighted by Crippen LogP contribution is -2.45. The highest BCUT2D eigenvalue weighted by Gasteiger charge is 2.24. The van der Waals surface area contributed by atoms with Crippen LogP contribution in [0.25, 0.3) is 0 Å². The number of ether oxygens (including phenoxy) is 3. The van der Waals surface area contributed by atoms with Gasteiger partial charge in [-0.25, -0.2) is 4.21 Å². The Hall–Kier alpha value is -4.18. The summed E-state index contributed by atoms with van der Waals surface area (Å²) in [5.41, 5.74) is 3.35. The number of nitrogens with one attached hydrogen (secondary N) is 1. The van der Waals surface area contributed by atoms with Gasteiger partial charge in [0.05, 0.1) is 0 Å². The SMILES string of the molecule is O=C(NC1CCN(CS(=O)O)CC1)c1cc(OCc2ccccc2)c(OCc2ccccc2)c(OCc2ccccc2)c1. The number of nitrogens with zero attached hydrogens (tertiary/aromatic N) is 1. The van der Waals surface area contributed by atoms with Crippen molar-refractivity contribution in [2.45, 2.75) is 38.7 Å². The summed E-state index contributed by atoms with van der Waals surface area (Å²) in [5, 5.41) is 3.13. The van der Waals surface area contributed by atoms with Crippen molar-refractivity contribution in [1.82, 2.24) is 10.2 Å². The van der Waals surface area contributed by atoms with E-state index in [1.54, 1.807) is 12.1 Å². The summed E-state index contributed by atoms with van der Waals surface area (Å²) >= 11 is -1.87. The lowest BCUT2D eigenvalue weighted by molar-refractivity contribution is 0.0913. The van der Waals surface area contributed by atoms with Gasteiger partial charge in [0.1, 0.15) is 25.7 Å². The van der Waals surface area contributed by atoms with Crippen molar-refractivity contribution in [3.8, 4) is 17.2 Å². The van der Waals surface area contributed by atoms with Gasteiger partial charge in [-0.1, -0.05) is 91.0 Å². The molecule has 0 radical (unpaired) electrons. The zero-order valence-electron chi connectivity index (χ0n) is 23.9. The highest BCUT2D eigenvalue weighted by Crippen LogP contribution is 2.40. The smallest absolute Gasteiger partial charge is 0.251 e. The van der Waals surface area contributed by atoms with Crippen LogP contribution in [0.1, 0.15) is 39.9 Å². The van der Waals surface area contributed by atoms with Gasteiger partial charge in [0.2, 0.25) is 5.75 Å². The minimum Gasteiger partial charge on any atom is -0.485 e. The van der Waals surface area contributed by atoms with Gasteiger partial charge >= 0.3 is 0 Å². The second-order valence-electron chi connectivity index (χ2n) is 10.4. The maximum atomic E-state index is 13.6. The van der Waals surface area contributed by atoms with Crippen LogP contribution in [0.2, 0.25) is 0 Å². The van der Waals surface area contributed by atoms with E-state index in [2.05, 4.69) is 5.32 Å². The number of likely N-dealkylation sites (tertiary alicyclic amines) is 1. The number of rotatable bonds is 13. The highest BCUT2D eigenvalue weighted by atomic mass is 32.2. The quantitative estimate of drug-likeness (QED) is 0.187. The molecule has 1 atom stereocenters. The number of benzene rings is 4. The van der Waals surface area contributed by atoms with Gasteiger partial charge in [-0.05, 0) is 41.7 Å². The summed E-state index contributed by atoms with van der Waals surface area (Å²) in [6.07, 6.45) is 1.38. The fourth-order valence-corrected chi connectivity index (χ4v) is 5.47. The first-order valence-electron chi connectivity index (χ1n) is 14.3. The zero-order valence-corrected chi connectivity index (χ0v) is 24.7. The molecule has 0 spiro atoms. The summed E-state index contributed by atoms with van der Waals surface area (Å²) in [5.74, 6) is 1.13. The largest absolute Gasteiger partial charge is 0.485 e. The van der Waals surface area contributed by atoms with E-state index in [-0.39, 0.29) is 31.0 Å². The van der Waals surface area contributed by atoms with Crippen LogP contribution in [0, 0.1) is 0 Å². The van der Waals surface area contributed by atoms with Crippen LogP contribution in [-0.2, 0) is 30.9 Å². The number of amides is 1. The summed E-state index contributed by atoms with van der Waals surface area (Å²) in [6.45, 7) is 2.15. The van der Waals surface area contributed by atoms with Gasteiger partial charge < -0.3 is 24.1 Å². The summed E-state index contributed by atoms with van der Waals surface area (Å²) in [6, 6.07) is 32.8. The van der Waals surface area contributed by atoms with Gasteiger partial charge in [-0.2, -0.15) is 0 Å². The molecule has 1 amide bonds. The van der Waals surface area contributed by atoms with Crippen LogP contribution in [0.5, 0.6) is 17.2 Å².